The molecule has 2 heterocycles. The summed E-state index contributed by atoms with van der Waals surface area (Å²) >= 11 is 0. The fourth-order valence-electron chi connectivity index (χ4n) is 2.18. The Kier molecular flexibility index (Phi) is 3.37. The maximum absolute atomic E-state index is 14.1. The third-order valence-corrected chi connectivity index (χ3v) is 3.18. The largest absolute Gasteiger partial charge is 0.352 e. The van der Waals surface area contributed by atoms with Crippen LogP contribution in [0.5, 0.6) is 0 Å². The Labute approximate surface area is 116 Å². The molecule has 3 rings (SSSR count). The normalized spacial score (nSPS) is 17.7. The van der Waals surface area contributed by atoms with E-state index in [4.69, 9.17) is 0 Å². The molecule has 1 aromatic heterocycles. The third kappa shape index (κ3) is 2.49. The number of aromatic nitrogens is 2. The van der Waals surface area contributed by atoms with Gasteiger partial charge in [-0.1, -0.05) is 6.07 Å². The van der Waals surface area contributed by atoms with Crippen LogP contribution in [-0.2, 0) is 6.54 Å². The molecule has 0 saturated heterocycles. The van der Waals surface area contributed by atoms with Gasteiger partial charge < -0.3 is 10.6 Å². The van der Waals surface area contributed by atoms with E-state index in [0.717, 1.165) is 12.2 Å². The number of nitrogens with one attached hydrogen (secondary N) is 2. The molecule has 5 nitrogen and oxygen atoms in total. The number of hydrogen-bond acceptors (Lipinski definition) is 4. The van der Waals surface area contributed by atoms with Gasteiger partial charge >= 0.3 is 0 Å². The minimum absolute atomic E-state index is 0.253. The first kappa shape index (κ1) is 12.7. The minimum atomic E-state index is -0.253. The zero-order valence-electron chi connectivity index (χ0n) is 11.2. The predicted molar refractivity (Wildman–Crippen MR) is 75.3 cm³/mol. The molecule has 6 heteroatoms. The van der Waals surface area contributed by atoms with Crippen LogP contribution in [0.4, 0.5) is 4.39 Å². The molecule has 20 heavy (non-hydrogen) atoms. The van der Waals surface area contributed by atoms with Gasteiger partial charge in [0, 0.05) is 30.5 Å². The van der Waals surface area contributed by atoms with Crippen molar-refractivity contribution >= 4 is 5.96 Å². The molecule has 1 atom stereocenters. The summed E-state index contributed by atoms with van der Waals surface area (Å²) in [6.07, 6.45) is 3.47. The van der Waals surface area contributed by atoms with Crippen molar-refractivity contribution in [2.45, 2.75) is 19.5 Å². The zero-order chi connectivity index (χ0) is 13.9. The lowest BCUT2D eigenvalue weighted by Crippen LogP contribution is -2.37. The summed E-state index contributed by atoms with van der Waals surface area (Å²) < 4.78 is 15.7. The average Bonchev–Trinajstić information content (AvgIpc) is 3.08. The number of guanidine groups is 1. The second-order valence-corrected chi connectivity index (χ2v) is 4.78. The summed E-state index contributed by atoms with van der Waals surface area (Å²) in [5.41, 5.74) is 1.30. The number of nitrogens with zero attached hydrogens (tertiary/aromatic N) is 3. The fraction of sp³-hybridized carbons (Fsp3) is 0.286. The van der Waals surface area contributed by atoms with Crippen molar-refractivity contribution < 1.29 is 4.39 Å². The van der Waals surface area contributed by atoms with Gasteiger partial charge in [-0.3, -0.25) is 4.99 Å². The Bertz CT molecular complexity index is 620. The molecule has 1 aliphatic heterocycles. The number of rotatable bonds is 3. The van der Waals surface area contributed by atoms with Crippen LogP contribution < -0.4 is 10.6 Å². The monoisotopic (exact) mass is 273 g/mol. The van der Waals surface area contributed by atoms with Crippen LogP contribution >= 0.6 is 0 Å². The van der Waals surface area contributed by atoms with Gasteiger partial charge in [-0.15, -0.1) is 0 Å². The molecule has 0 fully saturated rings. The second-order valence-electron chi connectivity index (χ2n) is 4.78. The van der Waals surface area contributed by atoms with Crippen molar-refractivity contribution in [3.8, 4) is 5.69 Å². The highest BCUT2D eigenvalue weighted by Gasteiger charge is 2.14. The van der Waals surface area contributed by atoms with Crippen LogP contribution in [0.25, 0.3) is 5.69 Å². The van der Waals surface area contributed by atoms with Crippen molar-refractivity contribution in [1.29, 1.82) is 0 Å². The van der Waals surface area contributed by atoms with Crippen LogP contribution in [0.3, 0.4) is 0 Å². The Morgan fingerprint density at radius 2 is 2.35 bits per heavy atom. The molecule has 0 spiro atoms. The molecular weight excluding hydrogens is 257 g/mol. The topological polar surface area (TPSA) is 54.2 Å². The quantitative estimate of drug-likeness (QED) is 0.890. The van der Waals surface area contributed by atoms with Crippen molar-refractivity contribution in [2.75, 3.05) is 6.54 Å². The van der Waals surface area contributed by atoms with E-state index in [9.17, 15) is 4.39 Å². The van der Waals surface area contributed by atoms with Crippen LogP contribution in [0.1, 0.15) is 12.5 Å². The molecule has 1 aromatic carbocycles. The fourth-order valence-corrected chi connectivity index (χ4v) is 2.18. The Hall–Kier alpha value is -2.37. The lowest BCUT2D eigenvalue weighted by atomic mass is 10.1. The molecule has 2 aromatic rings. The van der Waals surface area contributed by atoms with Gasteiger partial charge in [-0.25, -0.2) is 9.07 Å². The molecule has 0 radical (unpaired) electrons. The molecular formula is C14H16FN5. The van der Waals surface area contributed by atoms with Gasteiger partial charge in [-0.05, 0) is 25.1 Å². The van der Waals surface area contributed by atoms with Crippen molar-refractivity contribution in [2.24, 2.45) is 4.99 Å². The molecule has 2 N–H and O–H groups in total. The van der Waals surface area contributed by atoms with Crippen LogP contribution in [0.15, 0.2) is 41.7 Å². The Morgan fingerprint density at radius 1 is 1.45 bits per heavy atom. The summed E-state index contributed by atoms with van der Waals surface area (Å²) in [4.78, 5) is 4.30. The van der Waals surface area contributed by atoms with Crippen LogP contribution in [-0.4, -0.2) is 28.3 Å². The molecule has 104 valence electrons. The number of aliphatic imine (C=N–C) groups is 1. The van der Waals surface area contributed by atoms with E-state index in [1.165, 1.54) is 6.07 Å². The zero-order valence-corrected chi connectivity index (χ0v) is 11.2. The third-order valence-electron chi connectivity index (χ3n) is 3.18. The summed E-state index contributed by atoms with van der Waals surface area (Å²) in [6, 6.07) is 7.12. The molecule has 0 bridgehead atoms. The first-order chi connectivity index (χ1) is 9.74. The van der Waals surface area contributed by atoms with E-state index in [0.29, 0.717) is 24.1 Å². The highest BCUT2D eigenvalue weighted by Crippen LogP contribution is 2.17. The molecule has 0 amide bonds. The van der Waals surface area contributed by atoms with Gasteiger partial charge in [-0.2, -0.15) is 5.10 Å². The first-order valence-corrected chi connectivity index (χ1v) is 6.56. The van der Waals surface area contributed by atoms with Gasteiger partial charge in [0.15, 0.2) is 5.96 Å². The number of benzene rings is 1. The SMILES string of the molecule is CC1CN=C(NCc2c(F)cccc2-n2cccn2)N1. The highest BCUT2D eigenvalue weighted by molar-refractivity contribution is 5.81. The number of halogens is 1. The minimum Gasteiger partial charge on any atom is -0.352 e. The molecule has 0 saturated carbocycles. The Balaban J connectivity index is 1.82. The Morgan fingerprint density at radius 3 is 3.05 bits per heavy atom. The standard InChI is InChI=1S/C14H16FN5/c1-10-8-16-14(19-10)17-9-11-12(15)4-2-5-13(11)20-7-3-6-18-20/h2-7,10H,8-9H2,1H3,(H2,16,17,19). The van der Waals surface area contributed by atoms with Gasteiger partial charge in [0.2, 0.25) is 0 Å². The van der Waals surface area contributed by atoms with E-state index < -0.39 is 0 Å². The van der Waals surface area contributed by atoms with Crippen molar-refractivity contribution in [3.05, 3.63) is 48.0 Å². The van der Waals surface area contributed by atoms with Gasteiger partial charge in [0.05, 0.1) is 12.2 Å². The maximum Gasteiger partial charge on any atom is 0.191 e. The summed E-state index contributed by atoms with van der Waals surface area (Å²) in [5, 5.41) is 10.5. The molecule has 1 unspecified atom stereocenters. The smallest absolute Gasteiger partial charge is 0.191 e. The highest BCUT2D eigenvalue weighted by atomic mass is 19.1. The van der Waals surface area contributed by atoms with Gasteiger partial charge in [0.1, 0.15) is 5.82 Å². The van der Waals surface area contributed by atoms with E-state index in [1.807, 2.05) is 12.1 Å². The van der Waals surface area contributed by atoms with Crippen molar-refractivity contribution in [3.63, 3.8) is 0 Å². The van der Waals surface area contributed by atoms with Crippen molar-refractivity contribution in [1.82, 2.24) is 20.4 Å². The lowest BCUT2D eigenvalue weighted by Gasteiger charge is -2.13. The second kappa shape index (κ2) is 5.32. The lowest BCUT2D eigenvalue weighted by molar-refractivity contribution is 0.600. The predicted octanol–water partition coefficient (Wildman–Crippen LogP) is 1.45. The van der Waals surface area contributed by atoms with E-state index >= 15 is 0 Å². The first-order valence-electron chi connectivity index (χ1n) is 6.56. The summed E-state index contributed by atoms with van der Waals surface area (Å²) in [5.74, 6) is 0.462. The van der Waals surface area contributed by atoms with Crippen LogP contribution in [0.2, 0.25) is 0 Å². The average molecular weight is 273 g/mol. The number of hydrogen-bond donors (Lipinski definition) is 2. The van der Waals surface area contributed by atoms with E-state index in [2.05, 4.69) is 27.6 Å². The molecule has 1 aliphatic rings. The van der Waals surface area contributed by atoms with E-state index in [1.54, 1.807) is 23.1 Å². The van der Waals surface area contributed by atoms with Gasteiger partial charge in [0.25, 0.3) is 0 Å². The van der Waals surface area contributed by atoms with E-state index in [-0.39, 0.29) is 5.82 Å². The maximum atomic E-state index is 14.1. The van der Waals surface area contributed by atoms with Crippen LogP contribution in [0, 0.1) is 5.82 Å². The summed E-state index contributed by atoms with van der Waals surface area (Å²) in [7, 11) is 0. The molecule has 0 aliphatic carbocycles. The summed E-state index contributed by atoms with van der Waals surface area (Å²) in [6.45, 7) is 3.16.